The Morgan fingerprint density at radius 2 is 1.73 bits per heavy atom. The van der Waals surface area contributed by atoms with Crippen LogP contribution in [0.4, 0.5) is 0 Å². The van der Waals surface area contributed by atoms with Crippen LogP contribution in [-0.4, -0.2) is 71.3 Å². The summed E-state index contributed by atoms with van der Waals surface area (Å²) < 4.78 is 0. The molecule has 128 valence electrons. The maximum absolute atomic E-state index is 9.49. The third-order valence-corrected chi connectivity index (χ3v) is 7.07. The smallest absolute Gasteiger partial charge is 0.0446 e. The van der Waals surface area contributed by atoms with Gasteiger partial charge in [-0.1, -0.05) is 19.3 Å². The van der Waals surface area contributed by atoms with Crippen molar-refractivity contribution in [2.45, 2.75) is 63.5 Å². The molecule has 3 nitrogen and oxygen atoms in total. The Bertz CT molecular complexity index is 316. The molecule has 3 aliphatic rings. The van der Waals surface area contributed by atoms with Gasteiger partial charge in [-0.25, -0.2) is 0 Å². The van der Waals surface area contributed by atoms with Gasteiger partial charge >= 0.3 is 0 Å². The van der Waals surface area contributed by atoms with Crippen LogP contribution in [0.5, 0.6) is 0 Å². The number of hydrogen-bond acceptors (Lipinski definition) is 4. The van der Waals surface area contributed by atoms with Crippen molar-refractivity contribution in [3.05, 3.63) is 0 Å². The molecule has 0 amide bonds. The second-order valence-electron chi connectivity index (χ2n) is 7.50. The molecule has 3 fully saturated rings. The fourth-order valence-corrected chi connectivity index (χ4v) is 5.75. The van der Waals surface area contributed by atoms with Crippen LogP contribution in [0.15, 0.2) is 0 Å². The van der Waals surface area contributed by atoms with Crippen LogP contribution in [0.1, 0.15) is 51.4 Å². The highest BCUT2D eigenvalue weighted by atomic mass is 32.2. The van der Waals surface area contributed by atoms with Gasteiger partial charge in [-0.05, 0) is 49.5 Å². The molecule has 3 rings (SSSR count). The van der Waals surface area contributed by atoms with Crippen molar-refractivity contribution < 1.29 is 5.11 Å². The van der Waals surface area contributed by atoms with Crippen molar-refractivity contribution in [1.29, 1.82) is 0 Å². The van der Waals surface area contributed by atoms with E-state index in [1.807, 2.05) is 0 Å². The summed E-state index contributed by atoms with van der Waals surface area (Å²) in [5, 5.41) is 9.49. The summed E-state index contributed by atoms with van der Waals surface area (Å²) >= 11 is 2.12. The summed E-state index contributed by atoms with van der Waals surface area (Å²) in [4.78, 5) is 5.47. The molecule has 0 radical (unpaired) electrons. The largest absolute Gasteiger partial charge is 0.396 e. The number of hydrogen-bond donors (Lipinski definition) is 1. The molecule has 2 heterocycles. The topological polar surface area (TPSA) is 26.7 Å². The lowest BCUT2D eigenvalue weighted by molar-refractivity contribution is 0.0218. The molecule has 0 unspecified atom stereocenters. The first-order valence-corrected chi connectivity index (χ1v) is 10.7. The summed E-state index contributed by atoms with van der Waals surface area (Å²) in [6.07, 6.45) is 10.9. The van der Waals surface area contributed by atoms with Crippen LogP contribution < -0.4 is 0 Å². The molecule has 0 spiro atoms. The fourth-order valence-electron chi connectivity index (χ4n) is 4.66. The van der Waals surface area contributed by atoms with Crippen molar-refractivity contribution in [1.82, 2.24) is 9.80 Å². The molecule has 0 aromatic rings. The van der Waals surface area contributed by atoms with Gasteiger partial charge in [0.05, 0.1) is 0 Å². The Kier molecular flexibility index (Phi) is 6.91. The maximum Gasteiger partial charge on any atom is 0.0446 e. The van der Waals surface area contributed by atoms with Crippen molar-refractivity contribution in [2.75, 3.05) is 44.3 Å². The summed E-state index contributed by atoms with van der Waals surface area (Å²) in [5.41, 5.74) is 0. The van der Waals surface area contributed by atoms with Crippen LogP contribution in [0.2, 0.25) is 0 Å². The van der Waals surface area contributed by atoms with Gasteiger partial charge in [0, 0.05) is 44.9 Å². The zero-order valence-corrected chi connectivity index (χ0v) is 14.9. The number of aliphatic hydroxyl groups excluding tert-OH is 1. The zero-order chi connectivity index (χ0) is 15.2. The molecule has 2 saturated heterocycles. The first-order chi connectivity index (χ1) is 10.9. The van der Waals surface area contributed by atoms with E-state index in [9.17, 15) is 5.11 Å². The Labute approximate surface area is 140 Å². The van der Waals surface area contributed by atoms with Gasteiger partial charge in [0.25, 0.3) is 0 Å². The molecular formula is C18H34N2OS. The molecule has 22 heavy (non-hydrogen) atoms. The van der Waals surface area contributed by atoms with E-state index in [1.54, 1.807) is 0 Å². The molecule has 1 aliphatic carbocycles. The second kappa shape index (κ2) is 8.91. The highest BCUT2D eigenvalue weighted by Crippen LogP contribution is 2.28. The predicted molar refractivity (Wildman–Crippen MR) is 95.6 cm³/mol. The number of rotatable bonds is 5. The minimum Gasteiger partial charge on any atom is -0.396 e. The lowest BCUT2D eigenvalue weighted by atomic mass is 9.88. The molecule has 4 heteroatoms. The molecule has 1 atom stereocenters. The number of aliphatic hydroxyl groups is 1. The van der Waals surface area contributed by atoms with E-state index < -0.39 is 0 Å². The van der Waals surface area contributed by atoms with Crippen molar-refractivity contribution in [2.24, 2.45) is 5.92 Å². The van der Waals surface area contributed by atoms with Crippen LogP contribution in [-0.2, 0) is 0 Å². The Balaban J connectivity index is 1.53. The third-order valence-electron chi connectivity index (χ3n) is 6.02. The maximum atomic E-state index is 9.49. The highest BCUT2D eigenvalue weighted by molar-refractivity contribution is 7.99. The lowest BCUT2D eigenvalue weighted by Gasteiger charge is -2.46. The third kappa shape index (κ3) is 4.62. The summed E-state index contributed by atoms with van der Waals surface area (Å²) in [5.74, 6) is 3.61. The average Bonchev–Trinajstić information content (AvgIpc) is 2.58. The van der Waals surface area contributed by atoms with Gasteiger partial charge in [-0.15, -0.1) is 0 Å². The van der Waals surface area contributed by atoms with E-state index in [0.29, 0.717) is 12.6 Å². The summed E-state index contributed by atoms with van der Waals surface area (Å²) in [7, 11) is 0. The van der Waals surface area contributed by atoms with Crippen LogP contribution in [0.25, 0.3) is 0 Å². The summed E-state index contributed by atoms with van der Waals surface area (Å²) in [6, 6.07) is 1.41. The van der Waals surface area contributed by atoms with Crippen LogP contribution in [0, 0.1) is 5.92 Å². The van der Waals surface area contributed by atoms with E-state index >= 15 is 0 Å². The van der Waals surface area contributed by atoms with Crippen molar-refractivity contribution in [3.63, 3.8) is 0 Å². The molecule has 0 aromatic carbocycles. The Morgan fingerprint density at radius 1 is 0.955 bits per heavy atom. The number of piperazine rings is 1. The zero-order valence-electron chi connectivity index (χ0n) is 14.1. The van der Waals surface area contributed by atoms with E-state index in [-0.39, 0.29) is 0 Å². The minimum atomic E-state index is 0.347. The van der Waals surface area contributed by atoms with Gasteiger partial charge in [-0.2, -0.15) is 11.8 Å². The quantitative estimate of drug-likeness (QED) is 0.840. The minimum absolute atomic E-state index is 0.347. The number of nitrogens with zero attached hydrogens (tertiary/aromatic N) is 2. The van der Waals surface area contributed by atoms with E-state index in [0.717, 1.165) is 18.4 Å². The van der Waals surface area contributed by atoms with Crippen molar-refractivity contribution >= 4 is 11.8 Å². The highest BCUT2D eigenvalue weighted by Gasteiger charge is 2.32. The lowest BCUT2D eigenvalue weighted by Crippen LogP contribution is -2.57. The van der Waals surface area contributed by atoms with Crippen molar-refractivity contribution in [3.8, 4) is 0 Å². The molecule has 0 bridgehead atoms. The fraction of sp³-hybridized carbons (Fsp3) is 1.00. The molecular weight excluding hydrogens is 292 g/mol. The Hall–Kier alpha value is 0.230. The average molecular weight is 327 g/mol. The van der Waals surface area contributed by atoms with Gasteiger partial charge in [0.2, 0.25) is 0 Å². The van der Waals surface area contributed by atoms with Crippen LogP contribution in [0.3, 0.4) is 0 Å². The van der Waals surface area contributed by atoms with E-state index in [2.05, 4.69) is 21.6 Å². The first-order valence-electron chi connectivity index (χ1n) is 9.53. The molecule has 0 aromatic heterocycles. The Morgan fingerprint density at radius 3 is 2.45 bits per heavy atom. The first kappa shape index (κ1) is 17.1. The van der Waals surface area contributed by atoms with E-state index in [4.69, 9.17) is 0 Å². The predicted octanol–water partition coefficient (Wildman–Crippen LogP) is 2.83. The monoisotopic (exact) mass is 326 g/mol. The SMILES string of the molecule is OCC[C@@H]1CN(C2CCSCC2)CCN1CC1CCCCC1. The van der Waals surface area contributed by atoms with Gasteiger partial charge in [-0.3, -0.25) is 9.80 Å². The standard InChI is InChI=1S/C18H34N2OS/c21-11-6-18-15-20(17-7-12-22-13-8-17)10-9-19(18)14-16-4-2-1-3-5-16/h16-18,21H,1-15H2/t18-/m1/s1. The molecule has 1 N–H and O–H groups in total. The van der Waals surface area contributed by atoms with Gasteiger partial charge < -0.3 is 5.11 Å². The van der Waals surface area contributed by atoms with E-state index in [1.165, 1.54) is 82.6 Å². The second-order valence-corrected chi connectivity index (χ2v) is 8.73. The van der Waals surface area contributed by atoms with Gasteiger partial charge in [0.15, 0.2) is 0 Å². The molecule has 2 aliphatic heterocycles. The number of thioether (sulfide) groups is 1. The molecule has 1 saturated carbocycles. The summed E-state index contributed by atoms with van der Waals surface area (Å²) in [6.45, 7) is 5.32. The van der Waals surface area contributed by atoms with Gasteiger partial charge in [0.1, 0.15) is 0 Å². The van der Waals surface area contributed by atoms with Crippen LogP contribution >= 0.6 is 11.8 Å². The normalized spacial score (nSPS) is 30.7.